The van der Waals surface area contributed by atoms with Crippen LogP contribution in [0.4, 0.5) is 0 Å². The fourth-order valence-corrected chi connectivity index (χ4v) is 1.40. The van der Waals surface area contributed by atoms with E-state index in [-0.39, 0.29) is 0 Å². The summed E-state index contributed by atoms with van der Waals surface area (Å²) < 4.78 is 10.7. The van der Waals surface area contributed by atoms with Crippen molar-refractivity contribution >= 4 is 6.08 Å². The zero-order chi connectivity index (χ0) is 11.4. The standard InChI is InChI=1S/C14H18O2/c1-3-11(2)8-12-4-6-13(7-5-12)15-9-14-10-16-14/h4-8,14H,3,9-10H2,1-2H3. The van der Waals surface area contributed by atoms with E-state index in [1.807, 2.05) is 12.1 Å². The molecule has 0 amide bonds. The minimum Gasteiger partial charge on any atom is -0.491 e. The first-order valence-electron chi connectivity index (χ1n) is 5.79. The predicted octanol–water partition coefficient (Wildman–Crippen LogP) is 3.28. The number of epoxide rings is 1. The highest BCUT2D eigenvalue weighted by molar-refractivity contribution is 5.53. The van der Waals surface area contributed by atoms with Gasteiger partial charge in [0.15, 0.2) is 0 Å². The number of hydrogen-bond donors (Lipinski definition) is 0. The topological polar surface area (TPSA) is 21.8 Å². The lowest BCUT2D eigenvalue weighted by molar-refractivity contribution is 0.263. The van der Waals surface area contributed by atoms with E-state index in [2.05, 4.69) is 32.1 Å². The Morgan fingerprint density at radius 2 is 2.12 bits per heavy atom. The molecule has 0 radical (unpaired) electrons. The summed E-state index contributed by atoms with van der Waals surface area (Å²) in [4.78, 5) is 0. The molecular formula is C14H18O2. The fraction of sp³-hybridized carbons (Fsp3) is 0.429. The molecule has 16 heavy (non-hydrogen) atoms. The second-order valence-electron chi connectivity index (χ2n) is 4.18. The van der Waals surface area contributed by atoms with Gasteiger partial charge in [0.2, 0.25) is 0 Å². The van der Waals surface area contributed by atoms with Gasteiger partial charge in [-0.3, -0.25) is 0 Å². The molecule has 2 nitrogen and oxygen atoms in total. The third-order valence-electron chi connectivity index (χ3n) is 2.69. The molecule has 1 heterocycles. The van der Waals surface area contributed by atoms with Crippen LogP contribution < -0.4 is 4.74 Å². The second kappa shape index (κ2) is 5.17. The molecule has 0 aromatic heterocycles. The van der Waals surface area contributed by atoms with Gasteiger partial charge in [-0.25, -0.2) is 0 Å². The largest absolute Gasteiger partial charge is 0.491 e. The Hall–Kier alpha value is -1.28. The minimum atomic E-state index is 0.321. The van der Waals surface area contributed by atoms with Crippen LogP contribution in [0.15, 0.2) is 29.8 Å². The molecule has 1 atom stereocenters. The number of allylic oxidation sites excluding steroid dienone is 1. The van der Waals surface area contributed by atoms with Crippen molar-refractivity contribution in [2.24, 2.45) is 0 Å². The van der Waals surface area contributed by atoms with Gasteiger partial charge in [0.25, 0.3) is 0 Å². The van der Waals surface area contributed by atoms with E-state index in [9.17, 15) is 0 Å². The first-order chi connectivity index (χ1) is 7.78. The molecular weight excluding hydrogens is 200 g/mol. The lowest BCUT2D eigenvalue weighted by Gasteiger charge is -2.04. The van der Waals surface area contributed by atoms with Crippen LogP contribution in [0.2, 0.25) is 0 Å². The maximum absolute atomic E-state index is 5.57. The summed E-state index contributed by atoms with van der Waals surface area (Å²) in [6.45, 7) is 5.83. The summed E-state index contributed by atoms with van der Waals surface area (Å²) in [5.74, 6) is 0.918. The predicted molar refractivity (Wildman–Crippen MR) is 65.6 cm³/mol. The average molecular weight is 218 g/mol. The Kier molecular flexibility index (Phi) is 3.62. The van der Waals surface area contributed by atoms with Crippen LogP contribution in [0.1, 0.15) is 25.8 Å². The Labute approximate surface area is 96.9 Å². The normalized spacial score (nSPS) is 19.6. The van der Waals surface area contributed by atoms with E-state index in [4.69, 9.17) is 9.47 Å². The Morgan fingerprint density at radius 3 is 2.69 bits per heavy atom. The van der Waals surface area contributed by atoms with Gasteiger partial charge in [-0.1, -0.05) is 30.7 Å². The molecule has 1 unspecified atom stereocenters. The van der Waals surface area contributed by atoms with Gasteiger partial charge in [0.05, 0.1) is 6.61 Å². The Balaban J connectivity index is 1.92. The van der Waals surface area contributed by atoms with Crippen LogP contribution in [0.5, 0.6) is 5.75 Å². The van der Waals surface area contributed by atoms with Crippen LogP contribution in [0.25, 0.3) is 6.08 Å². The molecule has 1 aromatic rings. The molecule has 1 saturated heterocycles. The molecule has 0 N–H and O–H groups in total. The Morgan fingerprint density at radius 1 is 1.44 bits per heavy atom. The van der Waals surface area contributed by atoms with Crippen LogP contribution in [-0.4, -0.2) is 19.3 Å². The lowest BCUT2D eigenvalue weighted by Crippen LogP contribution is -2.03. The van der Waals surface area contributed by atoms with E-state index >= 15 is 0 Å². The molecule has 1 aliphatic rings. The summed E-state index contributed by atoms with van der Waals surface area (Å²) in [7, 11) is 0. The van der Waals surface area contributed by atoms with Crippen LogP contribution in [0.3, 0.4) is 0 Å². The second-order valence-corrected chi connectivity index (χ2v) is 4.18. The third-order valence-corrected chi connectivity index (χ3v) is 2.69. The van der Waals surface area contributed by atoms with E-state index in [1.165, 1.54) is 11.1 Å². The van der Waals surface area contributed by atoms with Gasteiger partial charge in [-0.15, -0.1) is 0 Å². The highest BCUT2D eigenvalue weighted by Crippen LogP contribution is 2.17. The maximum Gasteiger partial charge on any atom is 0.119 e. The monoisotopic (exact) mass is 218 g/mol. The molecule has 86 valence electrons. The molecule has 0 bridgehead atoms. The van der Waals surface area contributed by atoms with Gasteiger partial charge < -0.3 is 9.47 Å². The van der Waals surface area contributed by atoms with Crippen molar-refractivity contribution in [3.8, 4) is 5.75 Å². The van der Waals surface area contributed by atoms with Crippen LogP contribution in [0, 0.1) is 0 Å². The van der Waals surface area contributed by atoms with Crippen molar-refractivity contribution in [1.82, 2.24) is 0 Å². The van der Waals surface area contributed by atoms with Gasteiger partial charge in [-0.2, -0.15) is 0 Å². The van der Waals surface area contributed by atoms with Gasteiger partial charge in [0, 0.05) is 0 Å². The highest BCUT2D eigenvalue weighted by atomic mass is 16.6. The third kappa shape index (κ3) is 3.38. The van der Waals surface area contributed by atoms with Crippen molar-refractivity contribution in [1.29, 1.82) is 0 Å². The fourth-order valence-electron chi connectivity index (χ4n) is 1.40. The molecule has 1 fully saturated rings. The summed E-state index contributed by atoms with van der Waals surface area (Å²) >= 11 is 0. The highest BCUT2D eigenvalue weighted by Gasteiger charge is 2.22. The molecule has 1 aliphatic heterocycles. The summed E-state index contributed by atoms with van der Waals surface area (Å²) in [5, 5.41) is 0. The van der Waals surface area contributed by atoms with Gasteiger partial charge in [-0.05, 0) is 31.0 Å². The summed E-state index contributed by atoms with van der Waals surface area (Å²) in [6, 6.07) is 8.19. The molecule has 2 heteroatoms. The number of ether oxygens (including phenoxy) is 2. The summed E-state index contributed by atoms with van der Waals surface area (Å²) in [5.41, 5.74) is 2.62. The molecule has 0 saturated carbocycles. The Bertz CT molecular complexity index is 361. The zero-order valence-electron chi connectivity index (χ0n) is 9.90. The van der Waals surface area contributed by atoms with Crippen molar-refractivity contribution in [3.05, 3.63) is 35.4 Å². The smallest absolute Gasteiger partial charge is 0.119 e. The van der Waals surface area contributed by atoms with Gasteiger partial charge >= 0.3 is 0 Å². The summed E-state index contributed by atoms with van der Waals surface area (Å²) in [6.07, 6.45) is 3.62. The molecule has 0 spiro atoms. The van der Waals surface area contributed by atoms with Gasteiger partial charge in [0.1, 0.15) is 18.5 Å². The van der Waals surface area contributed by atoms with E-state index in [0.717, 1.165) is 18.8 Å². The van der Waals surface area contributed by atoms with Crippen LogP contribution in [-0.2, 0) is 4.74 Å². The molecule has 0 aliphatic carbocycles. The van der Waals surface area contributed by atoms with Crippen molar-refractivity contribution in [3.63, 3.8) is 0 Å². The quantitative estimate of drug-likeness (QED) is 0.707. The maximum atomic E-state index is 5.57. The van der Waals surface area contributed by atoms with E-state index in [0.29, 0.717) is 12.7 Å². The number of benzene rings is 1. The van der Waals surface area contributed by atoms with Crippen molar-refractivity contribution in [2.45, 2.75) is 26.4 Å². The zero-order valence-corrected chi connectivity index (χ0v) is 9.90. The van der Waals surface area contributed by atoms with E-state index in [1.54, 1.807) is 0 Å². The van der Waals surface area contributed by atoms with E-state index < -0.39 is 0 Å². The molecule has 2 rings (SSSR count). The number of rotatable bonds is 5. The van der Waals surface area contributed by atoms with Crippen LogP contribution >= 0.6 is 0 Å². The SMILES string of the molecule is CCC(C)=Cc1ccc(OCC2CO2)cc1. The first kappa shape index (κ1) is 11.2. The lowest BCUT2D eigenvalue weighted by atomic mass is 10.1. The van der Waals surface area contributed by atoms with Crippen molar-refractivity contribution < 1.29 is 9.47 Å². The minimum absolute atomic E-state index is 0.321. The van der Waals surface area contributed by atoms with Crippen molar-refractivity contribution in [2.75, 3.05) is 13.2 Å². The average Bonchev–Trinajstić information content (AvgIpc) is 3.12. The first-order valence-corrected chi connectivity index (χ1v) is 5.79. The number of hydrogen-bond acceptors (Lipinski definition) is 2. The molecule has 1 aromatic carbocycles.